The average molecular weight is 220 g/mol. The van der Waals surface area contributed by atoms with Gasteiger partial charge in [-0.25, -0.2) is 0 Å². The van der Waals surface area contributed by atoms with Crippen molar-refractivity contribution < 1.29 is 0 Å². The molecule has 3 rings (SSSR count). The lowest BCUT2D eigenvalue weighted by molar-refractivity contribution is 0.423. The van der Waals surface area contributed by atoms with Crippen molar-refractivity contribution in [3.8, 4) is 0 Å². The van der Waals surface area contributed by atoms with Gasteiger partial charge in [0, 0.05) is 31.7 Å². The lowest BCUT2D eigenvalue weighted by atomic mass is 9.89. The Morgan fingerprint density at radius 3 is 3.00 bits per heavy atom. The number of nitrogens with zero attached hydrogens (tertiary/aromatic N) is 2. The summed E-state index contributed by atoms with van der Waals surface area (Å²) < 4.78 is 1.93. The smallest absolute Gasteiger partial charge is 0.124 e. The van der Waals surface area contributed by atoms with Crippen LogP contribution in [0.1, 0.15) is 25.0 Å². The lowest BCUT2D eigenvalue weighted by Gasteiger charge is -2.20. The van der Waals surface area contributed by atoms with Crippen LogP contribution in [0.2, 0.25) is 0 Å². The summed E-state index contributed by atoms with van der Waals surface area (Å²) >= 11 is 0. The molecular weight excluding hydrogens is 200 g/mol. The van der Waals surface area contributed by atoms with E-state index in [1.807, 2.05) is 18.7 Å². The Hall–Kier alpha value is -1.03. The van der Waals surface area contributed by atoms with Gasteiger partial charge >= 0.3 is 0 Å². The molecule has 0 aliphatic carbocycles. The highest BCUT2D eigenvalue weighted by atomic mass is 15.3. The third-order valence-corrected chi connectivity index (χ3v) is 3.98. The third kappa shape index (κ3) is 1.71. The van der Waals surface area contributed by atoms with Crippen LogP contribution in [-0.2, 0) is 7.05 Å². The molecule has 2 aliphatic heterocycles. The molecule has 4 nitrogen and oxygen atoms in total. The monoisotopic (exact) mass is 220 g/mol. The van der Waals surface area contributed by atoms with Crippen LogP contribution >= 0.6 is 0 Å². The molecule has 2 fully saturated rings. The fraction of sp³-hybridized carbons (Fsp3) is 0.750. The SMILES string of the molecule is Cc1cc(NCC2CC3CCC2N3)n(C)n1. The van der Waals surface area contributed by atoms with Gasteiger partial charge in [0.25, 0.3) is 0 Å². The van der Waals surface area contributed by atoms with Crippen LogP contribution in [0.5, 0.6) is 0 Å². The molecule has 2 bridgehead atoms. The summed E-state index contributed by atoms with van der Waals surface area (Å²) in [5.74, 6) is 1.94. The molecular formula is C12H20N4. The minimum atomic E-state index is 0.756. The predicted molar refractivity (Wildman–Crippen MR) is 64.5 cm³/mol. The van der Waals surface area contributed by atoms with E-state index < -0.39 is 0 Å². The summed E-state index contributed by atoms with van der Waals surface area (Å²) in [6, 6.07) is 3.66. The van der Waals surface area contributed by atoms with Crippen molar-refractivity contribution >= 4 is 5.82 Å². The quantitative estimate of drug-likeness (QED) is 0.806. The van der Waals surface area contributed by atoms with Crippen molar-refractivity contribution in [2.75, 3.05) is 11.9 Å². The van der Waals surface area contributed by atoms with Crippen molar-refractivity contribution in [3.63, 3.8) is 0 Å². The Morgan fingerprint density at radius 2 is 2.44 bits per heavy atom. The molecule has 0 spiro atoms. The maximum atomic E-state index is 4.34. The largest absolute Gasteiger partial charge is 0.370 e. The Bertz CT molecular complexity index is 384. The van der Waals surface area contributed by atoms with Gasteiger partial charge < -0.3 is 10.6 Å². The van der Waals surface area contributed by atoms with E-state index in [-0.39, 0.29) is 0 Å². The first-order valence-corrected chi connectivity index (χ1v) is 6.23. The fourth-order valence-electron chi connectivity index (χ4n) is 3.17. The third-order valence-electron chi connectivity index (χ3n) is 3.98. The second-order valence-electron chi connectivity index (χ2n) is 5.22. The zero-order valence-corrected chi connectivity index (χ0v) is 10.0. The van der Waals surface area contributed by atoms with Gasteiger partial charge in [0.1, 0.15) is 5.82 Å². The van der Waals surface area contributed by atoms with Crippen molar-refractivity contribution in [1.82, 2.24) is 15.1 Å². The average Bonchev–Trinajstić information content (AvgIpc) is 2.91. The number of fused-ring (bicyclic) bond motifs is 2. The molecule has 0 radical (unpaired) electrons. The minimum Gasteiger partial charge on any atom is -0.370 e. The number of aromatic nitrogens is 2. The molecule has 88 valence electrons. The van der Waals surface area contributed by atoms with Crippen LogP contribution < -0.4 is 10.6 Å². The van der Waals surface area contributed by atoms with E-state index in [9.17, 15) is 0 Å². The van der Waals surface area contributed by atoms with Crippen molar-refractivity contribution in [3.05, 3.63) is 11.8 Å². The van der Waals surface area contributed by atoms with Gasteiger partial charge in [-0.3, -0.25) is 4.68 Å². The number of hydrogen-bond acceptors (Lipinski definition) is 3. The summed E-state index contributed by atoms with van der Waals surface area (Å²) in [7, 11) is 1.99. The summed E-state index contributed by atoms with van der Waals surface area (Å²) in [6.45, 7) is 3.11. The molecule has 4 heteroatoms. The first-order chi connectivity index (χ1) is 7.72. The van der Waals surface area contributed by atoms with E-state index in [0.717, 1.165) is 36.1 Å². The molecule has 0 saturated carbocycles. The summed E-state index contributed by atoms with van der Waals surface area (Å²) in [5, 5.41) is 11.5. The summed E-state index contributed by atoms with van der Waals surface area (Å²) in [5.41, 5.74) is 1.08. The normalized spacial score (nSPS) is 32.2. The van der Waals surface area contributed by atoms with Crippen molar-refractivity contribution in [2.45, 2.75) is 38.3 Å². The first-order valence-electron chi connectivity index (χ1n) is 6.23. The van der Waals surface area contributed by atoms with Crippen molar-refractivity contribution in [1.29, 1.82) is 0 Å². The Labute approximate surface area is 96.4 Å². The Balaban J connectivity index is 1.59. The number of rotatable bonds is 3. The molecule has 16 heavy (non-hydrogen) atoms. The molecule has 2 aliphatic rings. The van der Waals surface area contributed by atoms with Gasteiger partial charge in [-0.15, -0.1) is 0 Å². The lowest BCUT2D eigenvalue weighted by Crippen LogP contribution is -2.28. The van der Waals surface area contributed by atoms with Crippen LogP contribution in [-0.4, -0.2) is 28.4 Å². The molecule has 1 aromatic heterocycles. The second-order valence-corrected chi connectivity index (χ2v) is 5.22. The van der Waals surface area contributed by atoms with E-state index in [4.69, 9.17) is 0 Å². The zero-order valence-electron chi connectivity index (χ0n) is 10.0. The van der Waals surface area contributed by atoms with Crippen LogP contribution in [0.3, 0.4) is 0 Å². The number of aryl methyl sites for hydroxylation is 2. The maximum Gasteiger partial charge on any atom is 0.124 e. The number of nitrogens with one attached hydrogen (secondary N) is 2. The van der Waals surface area contributed by atoms with E-state index in [2.05, 4.69) is 21.8 Å². The van der Waals surface area contributed by atoms with Gasteiger partial charge in [-0.2, -0.15) is 5.10 Å². The standard InChI is InChI=1S/C12H20N4/c1-8-5-12(16(2)15-8)13-7-9-6-10-3-4-11(9)14-10/h5,9-11,13-14H,3-4,6-7H2,1-2H3. The van der Waals surface area contributed by atoms with Gasteiger partial charge in [0.05, 0.1) is 5.69 Å². The van der Waals surface area contributed by atoms with Gasteiger partial charge in [-0.05, 0) is 32.1 Å². The molecule has 3 heterocycles. The van der Waals surface area contributed by atoms with Gasteiger partial charge in [0.2, 0.25) is 0 Å². The zero-order chi connectivity index (χ0) is 11.1. The van der Waals surface area contributed by atoms with E-state index in [1.165, 1.54) is 19.3 Å². The molecule has 2 saturated heterocycles. The van der Waals surface area contributed by atoms with Crippen LogP contribution in [0, 0.1) is 12.8 Å². The van der Waals surface area contributed by atoms with Crippen LogP contribution in [0.15, 0.2) is 6.07 Å². The van der Waals surface area contributed by atoms with Gasteiger partial charge in [-0.1, -0.05) is 0 Å². The Morgan fingerprint density at radius 1 is 1.56 bits per heavy atom. The summed E-state index contributed by atoms with van der Waals surface area (Å²) in [4.78, 5) is 0. The maximum absolute atomic E-state index is 4.34. The number of hydrogen-bond donors (Lipinski definition) is 2. The first kappa shape index (κ1) is 10.1. The summed E-state index contributed by atoms with van der Waals surface area (Å²) in [6.07, 6.45) is 4.09. The molecule has 2 N–H and O–H groups in total. The second kappa shape index (κ2) is 3.77. The predicted octanol–water partition coefficient (Wildman–Crippen LogP) is 1.28. The van der Waals surface area contributed by atoms with E-state index in [0.29, 0.717) is 0 Å². The highest BCUT2D eigenvalue weighted by molar-refractivity contribution is 5.36. The number of anilines is 1. The highest BCUT2D eigenvalue weighted by Gasteiger charge is 2.38. The molecule has 3 atom stereocenters. The molecule has 0 aromatic carbocycles. The van der Waals surface area contributed by atoms with E-state index >= 15 is 0 Å². The van der Waals surface area contributed by atoms with E-state index in [1.54, 1.807) is 0 Å². The Kier molecular flexibility index (Phi) is 2.39. The highest BCUT2D eigenvalue weighted by Crippen LogP contribution is 2.33. The van der Waals surface area contributed by atoms with Crippen LogP contribution in [0.25, 0.3) is 0 Å². The van der Waals surface area contributed by atoms with Crippen LogP contribution in [0.4, 0.5) is 5.82 Å². The molecule has 0 amide bonds. The minimum absolute atomic E-state index is 0.756. The van der Waals surface area contributed by atoms with Gasteiger partial charge in [0.15, 0.2) is 0 Å². The topological polar surface area (TPSA) is 41.9 Å². The van der Waals surface area contributed by atoms with Crippen molar-refractivity contribution in [2.24, 2.45) is 13.0 Å². The molecule has 3 unspecified atom stereocenters. The molecule has 1 aromatic rings. The fourth-order valence-corrected chi connectivity index (χ4v) is 3.17.